The van der Waals surface area contributed by atoms with Gasteiger partial charge in [0.05, 0.1) is 0 Å². The van der Waals surface area contributed by atoms with Gasteiger partial charge in [-0.25, -0.2) is 4.39 Å². The molecule has 2 atom stereocenters. The van der Waals surface area contributed by atoms with Gasteiger partial charge in [-0.1, -0.05) is 31.0 Å². The van der Waals surface area contributed by atoms with Gasteiger partial charge in [0, 0.05) is 24.2 Å². The molecule has 1 fully saturated rings. The van der Waals surface area contributed by atoms with E-state index in [9.17, 15) is 4.39 Å². The molecule has 2 nitrogen and oxygen atoms in total. The topological polar surface area (TPSA) is 38.0 Å². The molecule has 0 aliphatic heterocycles. The van der Waals surface area contributed by atoms with Crippen LogP contribution in [-0.4, -0.2) is 12.1 Å². The Balaban J connectivity index is 0.000000550. The van der Waals surface area contributed by atoms with Gasteiger partial charge in [0.2, 0.25) is 0 Å². The second kappa shape index (κ2) is 10.1. The van der Waals surface area contributed by atoms with E-state index in [1.807, 2.05) is 12.1 Å². The fourth-order valence-corrected chi connectivity index (χ4v) is 2.30. The molecule has 0 spiro atoms. The van der Waals surface area contributed by atoms with Crippen molar-refractivity contribution in [2.75, 3.05) is 0 Å². The van der Waals surface area contributed by atoms with Gasteiger partial charge >= 0.3 is 35.3 Å². The zero-order valence-corrected chi connectivity index (χ0v) is 14.3. The van der Waals surface area contributed by atoms with Gasteiger partial charge in [-0.05, 0) is 18.9 Å². The predicted octanol–water partition coefficient (Wildman–Crippen LogP) is 3.56. The molecule has 1 saturated carbocycles. The van der Waals surface area contributed by atoms with Gasteiger partial charge in [0.25, 0.3) is 0 Å². The Kier molecular flexibility index (Phi) is 9.26. The molecule has 2 rings (SSSR count). The van der Waals surface area contributed by atoms with Crippen LogP contribution in [0.2, 0.25) is 0 Å². The summed E-state index contributed by atoms with van der Waals surface area (Å²) in [7, 11) is 9.75. The normalized spacial score (nSPS) is 22.7. The second-order valence-electron chi connectivity index (χ2n) is 4.57. The fourth-order valence-electron chi connectivity index (χ4n) is 2.30. The molecule has 6 heteroatoms. The van der Waals surface area contributed by atoms with Crippen LogP contribution in [-0.2, 0) is 23.0 Å². The van der Waals surface area contributed by atoms with Gasteiger partial charge in [-0.2, -0.15) is 0 Å². The minimum absolute atomic E-state index is 0.139. The van der Waals surface area contributed by atoms with E-state index in [2.05, 4.69) is 5.32 Å². The third kappa shape index (κ3) is 6.55. The number of hydrogen-bond acceptors (Lipinski definition) is 2. The fraction of sp³-hybridized carbons (Fsp3) is 0.538. The van der Waals surface area contributed by atoms with E-state index >= 15 is 0 Å². The number of benzene rings is 1. The van der Waals surface area contributed by atoms with Gasteiger partial charge in [-0.15, -0.1) is 0 Å². The summed E-state index contributed by atoms with van der Waals surface area (Å²) in [5.41, 5.74) is 6.75. The molecule has 1 aromatic rings. The van der Waals surface area contributed by atoms with Gasteiger partial charge in [0.15, 0.2) is 0 Å². The van der Waals surface area contributed by atoms with Crippen molar-refractivity contribution < 1.29 is 20.9 Å². The summed E-state index contributed by atoms with van der Waals surface area (Å²) >= 11 is -0.472. The van der Waals surface area contributed by atoms with Crippen LogP contribution in [0.15, 0.2) is 24.3 Å². The molecule has 1 aromatic carbocycles. The van der Waals surface area contributed by atoms with Gasteiger partial charge in [0.1, 0.15) is 5.82 Å². The van der Waals surface area contributed by atoms with Crippen molar-refractivity contribution in [2.45, 2.75) is 44.3 Å². The minimum atomic E-state index is -0.472. The first-order valence-electron chi connectivity index (χ1n) is 6.23. The van der Waals surface area contributed by atoms with Crippen molar-refractivity contribution in [2.24, 2.45) is 5.73 Å². The number of rotatable bonds is 3. The monoisotopic (exact) mass is 487 g/mol. The molecule has 0 saturated heterocycles. The second-order valence-corrected chi connectivity index (χ2v) is 7.86. The molecular weight excluding hydrogens is 469 g/mol. The molecule has 0 heterocycles. The van der Waals surface area contributed by atoms with E-state index in [0.717, 1.165) is 18.4 Å². The maximum absolute atomic E-state index is 13.4. The molecule has 0 aromatic heterocycles. The standard InChI is InChI=1S/C13H19FN2.2ClH.Pt/c14-11-6-2-1-5-10(11)9-16-13-8-4-3-7-12(13)15;;;/h1-2,5-6,12-13,16H,3-4,7-9,15H2;2*1H;/q;;;+2/p-2/t12-,13-;;;/m1.../s1. The third-order valence-electron chi connectivity index (χ3n) is 3.33. The third-order valence-corrected chi connectivity index (χ3v) is 3.33. The molecular formula is C13H19Cl2FN2Pt. The first-order valence-corrected chi connectivity index (χ1v) is 11.9. The van der Waals surface area contributed by atoms with Gasteiger partial charge in [-0.3, -0.25) is 0 Å². The van der Waals surface area contributed by atoms with Crippen molar-refractivity contribution in [1.82, 2.24) is 5.32 Å². The summed E-state index contributed by atoms with van der Waals surface area (Å²) in [6, 6.07) is 7.45. The zero-order chi connectivity index (χ0) is 14.1. The summed E-state index contributed by atoms with van der Waals surface area (Å²) in [4.78, 5) is 0. The predicted molar refractivity (Wildman–Crippen MR) is 75.2 cm³/mol. The Morgan fingerprint density at radius 2 is 1.89 bits per heavy atom. The van der Waals surface area contributed by atoms with E-state index in [1.54, 1.807) is 6.07 Å². The van der Waals surface area contributed by atoms with Crippen molar-refractivity contribution in [3.05, 3.63) is 35.6 Å². The average molecular weight is 488 g/mol. The average Bonchev–Trinajstić information content (AvgIpc) is 2.40. The number of halogens is 3. The number of nitrogens with two attached hydrogens (primary N) is 1. The van der Waals surface area contributed by atoms with E-state index in [4.69, 9.17) is 24.6 Å². The summed E-state index contributed by atoms with van der Waals surface area (Å²) in [5, 5.41) is 3.36. The first-order chi connectivity index (χ1) is 9.19. The summed E-state index contributed by atoms with van der Waals surface area (Å²) < 4.78 is 13.4. The van der Waals surface area contributed by atoms with Crippen LogP contribution in [0.1, 0.15) is 31.2 Å². The van der Waals surface area contributed by atoms with Gasteiger partial charge < -0.3 is 11.1 Å². The Labute approximate surface area is 130 Å². The summed E-state index contributed by atoms with van der Waals surface area (Å²) in [5.74, 6) is -0.139. The van der Waals surface area contributed by atoms with E-state index in [-0.39, 0.29) is 11.9 Å². The van der Waals surface area contributed by atoms with Crippen LogP contribution < -0.4 is 11.1 Å². The number of nitrogens with one attached hydrogen (secondary N) is 1. The molecule has 1 aliphatic carbocycles. The molecule has 0 radical (unpaired) electrons. The van der Waals surface area contributed by atoms with E-state index < -0.39 is 16.5 Å². The van der Waals surface area contributed by atoms with Crippen LogP contribution in [0.4, 0.5) is 4.39 Å². The van der Waals surface area contributed by atoms with Crippen molar-refractivity contribution in [1.29, 1.82) is 0 Å². The first kappa shape index (κ1) is 17.4. The van der Waals surface area contributed by atoms with Crippen LogP contribution in [0.5, 0.6) is 0 Å². The van der Waals surface area contributed by atoms with Crippen LogP contribution >= 0.6 is 18.8 Å². The maximum atomic E-state index is 13.4. The quantitative estimate of drug-likeness (QED) is 0.684. The summed E-state index contributed by atoms with van der Waals surface area (Å²) in [6.45, 7) is 0.574. The molecule has 0 bridgehead atoms. The molecule has 112 valence electrons. The summed E-state index contributed by atoms with van der Waals surface area (Å²) in [6.07, 6.45) is 4.63. The molecule has 0 amide bonds. The Morgan fingerprint density at radius 1 is 1.26 bits per heavy atom. The SMILES string of the molecule is N[C@@H]1CCCC[C@H]1NCc1ccccc1F.[Cl][Pt][Cl]. The molecule has 1 aliphatic rings. The molecule has 0 unspecified atom stereocenters. The van der Waals surface area contributed by atoms with Crippen molar-refractivity contribution in [3.63, 3.8) is 0 Å². The van der Waals surface area contributed by atoms with Crippen LogP contribution in [0, 0.1) is 5.82 Å². The zero-order valence-electron chi connectivity index (χ0n) is 10.5. The Morgan fingerprint density at radius 3 is 2.53 bits per heavy atom. The Hall–Kier alpha value is 0.338. The van der Waals surface area contributed by atoms with Crippen molar-refractivity contribution in [3.8, 4) is 0 Å². The molecule has 19 heavy (non-hydrogen) atoms. The van der Waals surface area contributed by atoms with Crippen LogP contribution in [0.25, 0.3) is 0 Å². The Bertz CT molecular complexity index is 368. The van der Waals surface area contributed by atoms with E-state index in [0.29, 0.717) is 12.6 Å². The number of hydrogen-bond donors (Lipinski definition) is 2. The van der Waals surface area contributed by atoms with Crippen LogP contribution in [0.3, 0.4) is 0 Å². The van der Waals surface area contributed by atoms with Crippen molar-refractivity contribution >= 4 is 18.8 Å². The molecule has 3 N–H and O–H groups in total. The van der Waals surface area contributed by atoms with E-state index in [1.165, 1.54) is 18.9 Å².